The van der Waals surface area contributed by atoms with E-state index in [9.17, 15) is 9.59 Å². The first-order chi connectivity index (χ1) is 10.6. The van der Waals surface area contributed by atoms with Crippen LogP contribution in [0.3, 0.4) is 0 Å². The molecule has 0 bridgehead atoms. The monoisotopic (exact) mass is 323 g/mol. The van der Waals surface area contributed by atoms with Gasteiger partial charge in [0.2, 0.25) is 0 Å². The second-order valence-corrected chi connectivity index (χ2v) is 6.04. The molecule has 0 saturated heterocycles. The molecule has 1 aromatic carbocycles. The van der Waals surface area contributed by atoms with Gasteiger partial charge in [0.05, 0.1) is 6.61 Å². The molecule has 0 amide bonds. The first-order valence-electron chi connectivity index (χ1n) is 7.73. The van der Waals surface area contributed by atoms with E-state index in [0.29, 0.717) is 31.0 Å². The van der Waals surface area contributed by atoms with E-state index < -0.39 is 5.54 Å². The Kier molecular flexibility index (Phi) is 5.98. The fourth-order valence-electron chi connectivity index (χ4n) is 2.99. The van der Waals surface area contributed by atoms with Crippen molar-refractivity contribution in [3.8, 4) is 0 Å². The molecule has 0 spiro atoms. The molecule has 4 nitrogen and oxygen atoms in total. The van der Waals surface area contributed by atoms with Gasteiger partial charge in [-0.05, 0) is 37.4 Å². The van der Waals surface area contributed by atoms with Crippen LogP contribution in [-0.4, -0.2) is 24.9 Å². The predicted octanol–water partition coefficient (Wildman–Crippen LogP) is 3.22. The maximum absolute atomic E-state index is 12.6. The molecule has 1 atom stereocenters. The number of nitrogens with one attached hydrogen (secondary N) is 1. The van der Waals surface area contributed by atoms with Crippen LogP contribution in [0.2, 0.25) is 5.02 Å². The van der Waals surface area contributed by atoms with Crippen molar-refractivity contribution in [2.24, 2.45) is 0 Å². The number of halogens is 1. The number of esters is 1. The molecule has 0 radical (unpaired) electrons. The number of ether oxygens (including phenoxy) is 1. The summed E-state index contributed by atoms with van der Waals surface area (Å²) in [5.74, 6) is -0.0890. The topological polar surface area (TPSA) is 55.4 Å². The zero-order chi connectivity index (χ0) is 16.0. The third-order valence-corrected chi connectivity index (χ3v) is 4.40. The smallest absolute Gasteiger partial charge is 0.302 e. The third-order valence-electron chi connectivity index (χ3n) is 4.07. The van der Waals surface area contributed by atoms with Crippen molar-refractivity contribution in [2.75, 3.05) is 13.2 Å². The van der Waals surface area contributed by atoms with E-state index in [1.165, 1.54) is 6.92 Å². The summed E-state index contributed by atoms with van der Waals surface area (Å²) in [4.78, 5) is 23.4. The fourth-order valence-corrected chi connectivity index (χ4v) is 3.29. The average molecular weight is 324 g/mol. The largest absolute Gasteiger partial charge is 0.466 e. The molecule has 1 aromatic rings. The summed E-state index contributed by atoms with van der Waals surface area (Å²) in [6.45, 7) is 2.35. The van der Waals surface area contributed by atoms with Gasteiger partial charge in [-0.3, -0.25) is 9.59 Å². The zero-order valence-electron chi connectivity index (χ0n) is 12.9. The van der Waals surface area contributed by atoms with Crippen LogP contribution >= 0.6 is 11.6 Å². The van der Waals surface area contributed by atoms with E-state index >= 15 is 0 Å². The highest BCUT2D eigenvalue weighted by molar-refractivity contribution is 6.31. The Morgan fingerprint density at radius 3 is 2.82 bits per heavy atom. The lowest BCUT2D eigenvalue weighted by atomic mass is 9.75. The van der Waals surface area contributed by atoms with Crippen molar-refractivity contribution < 1.29 is 14.3 Å². The average Bonchev–Trinajstić information content (AvgIpc) is 2.49. The van der Waals surface area contributed by atoms with E-state index in [1.54, 1.807) is 0 Å². The van der Waals surface area contributed by atoms with Gasteiger partial charge in [-0.25, -0.2) is 0 Å². The van der Waals surface area contributed by atoms with Crippen molar-refractivity contribution in [3.05, 3.63) is 34.9 Å². The molecule has 120 valence electrons. The van der Waals surface area contributed by atoms with Gasteiger partial charge in [-0.1, -0.05) is 36.2 Å². The summed E-state index contributed by atoms with van der Waals surface area (Å²) in [6.07, 6.45) is 3.92. The number of rotatable bonds is 6. The number of hydrogen-bond acceptors (Lipinski definition) is 4. The van der Waals surface area contributed by atoms with E-state index in [1.807, 2.05) is 24.3 Å². The highest BCUT2D eigenvalue weighted by atomic mass is 35.5. The second-order valence-electron chi connectivity index (χ2n) is 5.64. The zero-order valence-corrected chi connectivity index (χ0v) is 13.6. The van der Waals surface area contributed by atoms with Crippen LogP contribution in [-0.2, 0) is 19.9 Å². The lowest BCUT2D eigenvalue weighted by Crippen LogP contribution is -2.51. The molecule has 0 aliphatic heterocycles. The Balaban J connectivity index is 2.11. The maximum Gasteiger partial charge on any atom is 0.302 e. The summed E-state index contributed by atoms with van der Waals surface area (Å²) >= 11 is 6.33. The van der Waals surface area contributed by atoms with E-state index in [-0.39, 0.29) is 11.8 Å². The molecule has 1 N–H and O–H groups in total. The predicted molar refractivity (Wildman–Crippen MR) is 85.9 cm³/mol. The minimum absolute atomic E-state index is 0.194. The molecule has 1 saturated carbocycles. The van der Waals surface area contributed by atoms with Crippen molar-refractivity contribution in [2.45, 2.75) is 44.6 Å². The summed E-state index contributed by atoms with van der Waals surface area (Å²) in [5, 5.41) is 4.01. The van der Waals surface area contributed by atoms with E-state index in [0.717, 1.165) is 24.8 Å². The highest BCUT2D eigenvalue weighted by Gasteiger charge is 2.41. The standard InChI is InChI=1S/C17H22ClNO3/c1-13(20)22-12-6-11-19-17(10-5-4-9-16(17)21)14-7-2-3-8-15(14)18/h2-3,7-8,19H,4-6,9-12H2,1H3. The van der Waals surface area contributed by atoms with Crippen LogP contribution in [0.5, 0.6) is 0 Å². The Hall–Kier alpha value is -1.39. The molecule has 5 heteroatoms. The van der Waals surface area contributed by atoms with Gasteiger partial charge in [0.1, 0.15) is 5.54 Å². The number of carbonyl (C=O) groups is 2. The maximum atomic E-state index is 12.6. The Bertz CT molecular complexity index is 546. The Labute approximate surface area is 136 Å². The molecule has 22 heavy (non-hydrogen) atoms. The number of ketones is 1. The van der Waals surface area contributed by atoms with Gasteiger partial charge in [-0.15, -0.1) is 0 Å². The molecular weight excluding hydrogens is 302 g/mol. The van der Waals surface area contributed by atoms with Crippen molar-refractivity contribution in [1.82, 2.24) is 5.32 Å². The minimum atomic E-state index is -0.702. The summed E-state index contributed by atoms with van der Waals surface area (Å²) < 4.78 is 4.93. The molecular formula is C17H22ClNO3. The van der Waals surface area contributed by atoms with Crippen molar-refractivity contribution in [1.29, 1.82) is 0 Å². The molecule has 1 unspecified atom stereocenters. The lowest BCUT2D eigenvalue weighted by Gasteiger charge is -2.38. The van der Waals surface area contributed by atoms with Gasteiger partial charge >= 0.3 is 5.97 Å². The molecule has 0 aromatic heterocycles. The lowest BCUT2D eigenvalue weighted by molar-refractivity contribution is -0.141. The van der Waals surface area contributed by atoms with Crippen LogP contribution in [0.25, 0.3) is 0 Å². The van der Waals surface area contributed by atoms with Crippen LogP contribution in [0.4, 0.5) is 0 Å². The van der Waals surface area contributed by atoms with Gasteiger partial charge in [-0.2, -0.15) is 0 Å². The van der Waals surface area contributed by atoms with E-state index in [2.05, 4.69) is 5.32 Å². The van der Waals surface area contributed by atoms with Crippen LogP contribution in [0.1, 0.15) is 44.6 Å². The Morgan fingerprint density at radius 1 is 1.36 bits per heavy atom. The van der Waals surface area contributed by atoms with Crippen molar-refractivity contribution in [3.63, 3.8) is 0 Å². The van der Waals surface area contributed by atoms with Crippen LogP contribution < -0.4 is 5.32 Å². The number of carbonyl (C=O) groups excluding carboxylic acids is 2. The number of hydrogen-bond donors (Lipinski definition) is 1. The van der Waals surface area contributed by atoms with Gasteiger partial charge in [0.25, 0.3) is 0 Å². The molecule has 1 aliphatic carbocycles. The van der Waals surface area contributed by atoms with Crippen molar-refractivity contribution >= 4 is 23.4 Å². The number of Topliss-reactive ketones (excluding diaryl/α,β-unsaturated/α-hetero) is 1. The fraction of sp³-hybridized carbons (Fsp3) is 0.529. The van der Waals surface area contributed by atoms with Crippen LogP contribution in [0, 0.1) is 0 Å². The quantitative estimate of drug-likeness (QED) is 0.645. The first kappa shape index (κ1) is 17.0. The van der Waals surface area contributed by atoms with E-state index in [4.69, 9.17) is 16.3 Å². The highest BCUT2D eigenvalue weighted by Crippen LogP contribution is 2.37. The third kappa shape index (κ3) is 3.87. The minimum Gasteiger partial charge on any atom is -0.466 e. The van der Waals surface area contributed by atoms with Crippen LogP contribution in [0.15, 0.2) is 24.3 Å². The second kappa shape index (κ2) is 7.75. The Morgan fingerprint density at radius 2 is 2.14 bits per heavy atom. The summed E-state index contributed by atoms with van der Waals surface area (Å²) in [5.41, 5.74) is 0.154. The SMILES string of the molecule is CC(=O)OCCCNC1(c2ccccc2Cl)CCCCC1=O. The molecule has 1 fully saturated rings. The van der Waals surface area contributed by atoms with Gasteiger partial charge < -0.3 is 10.1 Å². The number of benzene rings is 1. The molecule has 0 heterocycles. The normalized spacial score (nSPS) is 21.6. The molecule has 2 rings (SSSR count). The summed E-state index contributed by atoms with van der Waals surface area (Å²) in [6, 6.07) is 7.52. The first-order valence-corrected chi connectivity index (χ1v) is 8.11. The van der Waals surface area contributed by atoms with Gasteiger partial charge in [0.15, 0.2) is 5.78 Å². The summed E-state index contributed by atoms with van der Waals surface area (Å²) in [7, 11) is 0. The van der Waals surface area contributed by atoms with Gasteiger partial charge in [0, 0.05) is 18.4 Å². The molecule has 1 aliphatic rings.